The van der Waals surface area contributed by atoms with Crippen LogP contribution in [-0.2, 0) is 0 Å². The summed E-state index contributed by atoms with van der Waals surface area (Å²) >= 11 is 3.34. The molecule has 0 aliphatic heterocycles. The van der Waals surface area contributed by atoms with Gasteiger partial charge in [0.15, 0.2) is 0 Å². The maximum Gasteiger partial charge on any atom is 0.291 e. The lowest BCUT2D eigenvalue weighted by Crippen LogP contribution is -2.41. The Morgan fingerprint density at radius 1 is 1.67 bits per heavy atom. The lowest BCUT2D eigenvalue weighted by molar-refractivity contribution is -0.385. The van der Waals surface area contributed by atoms with Gasteiger partial charge in [-0.1, -0.05) is 19.8 Å². The highest BCUT2D eigenvalue weighted by molar-refractivity contribution is 9.10. The largest absolute Gasteiger partial charge is 0.388 e. The fourth-order valence-electron chi connectivity index (χ4n) is 2.92. The van der Waals surface area contributed by atoms with E-state index in [1.165, 1.54) is 6.20 Å². The van der Waals surface area contributed by atoms with Gasteiger partial charge in [-0.05, 0) is 41.6 Å². The zero-order chi connectivity index (χ0) is 15.6. The van der Waals surface area contributed by atoms with Crippen LogP contribution in [0.25, 0.3) is 0 Å². The molecule has 21 heavy (non-hydrogen) atoms. The first-order valence-corrected chi connectivity index (χ1v) is 7.87. The van der Waals surface area contributed by atoms with Crippen LogP contribution in [-0.4, -0.2) is 27.2 Å². The molecule has 7 heteroatoms. The van der Waals surface area contributed by atoms with Crippen LogP contribution in [0.4, 0.5) is 11.5 Å². The zero-order valence-corrected chi connectivity index (χ0v) is 13.8. The predicted octanol–water partition coefficient (Wildman–Crippen LogP) is 3.41. The minimum Gasteiger partial charge on any atom is -0.388 e. The number of rotatable bonds is 4. The van der Waals surface area contributed by atoms with E-state index in [2.05, 4.69) is 33.2 Å². The third kappa shape index (κ3) is 3.71. The minimum atomic E-state index is -0.728. The first-order valence-electron chi connectivity index (χ1n) is 7.08. The highest BCUT2D eigenvalue weighted by Gasteiger charge is 2.32. The van der Waals surface area contributed by atoms with Crippen LogP contribution >= 0.6 is 15.9 Å². The number of nitrogens with zero attached hydrogens (tertiary/aromatic N) is 2. The molecule has 2 rings (SSSR count). The summed E-state index contributed by atoms with van der Waals surface area (Å²) in [5, 5.41) is 24.6. The van der Waals surface area contributed by atoms with Crippen molar-refractivity contribution in [3.8, 4) is 0 Å². The van der Waals surface area contributed by atoms with E-state index in [0.717, 1.165) is 25.7 Å². The van der Waals surface area contributed by atoms with Crippen LogP contribution in [0.1, 0.15) is 38.2 Å². The molecule has 2 unspecified atom stereocenters. The van der Waals surface area contributed by atoms with Gasteiger partial charge in [-0.2, -0.15) is 0 Å². The second kappa shape index (κ2) is 6.27. The van der Waals surface area contributed by atoms with Crippen molar-refractivity contribution < 1.29 is 10.0 Å². The molecular weight excluding hydrogens is 338 g/mol. The quantitative estimate of drug-likeness (QED) is 0.636. The second-order valence-electron chi connectivity index (χ2n) is 5.97. The summed E-state index contributed by atoms with van der Waals surface area (Å²) in [5.41, 5.74) is -0.215. The van der Waals surface area contributed by atoms with E-state index in [9.17, 15) is 15.2 Å². The SMILES string of the molecule is Cc1c([N+](=O)[O-])cnc(NCC2(O)CCCC(C)C2)c1Br. The van der Waals surface area contributed by atoms with E-state index in [-0.39, 0.29) is 5.69 Å². The highest BCUT2D eigenvalue weighted by atomic mass is 79.9. The Balaban J connectivity index is 2.10. The van der Waals surface area contributed by atoms with Crippen molar-refractivity contribution in [1.29, 1.82) is 0 Å². The van der Waals surface area contributed by atoms with Gasteiger partial charge in [-0.3, -0.25) is 10.1 Å². The average molecular weight is 358 g/mol. The van der Waals surface area contributed by atoms with Crippen molar-refractivity contribution in [2.24, 2.45) is 5.92 Å². The van der Waals surface area contributed by atoms with E-state index in [1.54, 1.807) is 6.92 Å². The van der Waals surface area contributed by atoms with Gasteiger partial charge in [0.25, 0.3) is 5.69 Å². The molecule has 1 heterocycles. The number of anilines is 1. The molecule has 0 aromatic carbocycles. The molecule has 1 aromatic heterocycles. The molecular formula is C14H20BrN3O3. The number of nitrogens with one attached hydrogen (secondary N) is 1. The normalized spacial score (nSPS) is 25.6. The van der Waals surface area contributed by atoms with E-state index in [1.807, 2.05) is 0 Å². The number of aliphatic hydroxyl groups is 1. The van der Waals surface area contributed by atoms with Gasteiger partial charge < -0.3 is 10.4 Å². The van der Waals surface area contributed by atoms with Crippen LogP contribution < -0.4 is 5.32 Å². The molecule has 0 spiro atoms. The Labute approximate surface area is 132 Å². The standard InChI is InChI=1S/C14H20BrN3O3/c1-9-4-3-5-14(19,6-9)8-17-13-12(15)10(2)11(7-16-13)18(20)21/h7,9,19H,3-6,8H2,1-2H3,(H,16,17). The number of pyridine rings is 1. The van der Waals surface area contributed by atoms with Crippen molar-refractivity contribution >= 4 is 27.4 Å². The maximum atomic E-state index is 10.9. The van der Waals surface area contributed by atoms with Crippen LogP contribution in [0.15, 0.2) is 10.7 Å². The third-order valence-corrected chi connectivity index (χ3v) is 5.06. The van der Waals surface area contributed by atoms with E-state index >= 15 is 0 Å². The van der Waals surface area contributed by atoms with Crippen molar-refractivity contribution in [2.45, 2.75) is 45.1 Å². The van der Waals surface area contributed by atoms with E-state index in [0.29, 0.717) is 28.3 Å². The van der Waals surface area contributed by atoms with Gasteiger partial charge in [0.05, 0.1) is 15.0 Å². The first-order chi connectivity index (χ1) is 9.82. The average Bonchev–Trinajstić information content (AvgIpc) is 2.40. The fourth-order valence-corrected chi connectivity index (χ4v) is 3.36. The molecule has 116 valence electrons. The lowest BCUT2D eigenvalue weighted by Gasteiger charge is -2.35. The Hall–Kier alpha value is -1.21. The van der Waals surface area contributed by atoms with Gasteiger partial charge in [0, 0.05) is 12.1 Å². The Morgan fingerprint density at radius 3 is 3.00 bits per heavy atom. The molecule has 6 nitrogen and oxygen atoms in total. The van der Waals surface area contributed by atoms with Gasteiger partial charge in [-0.25, -0.2) is 4.98 Å². The van der Waals surface area contributed by atoms with E-state index in [4.69, 9.17) is 0 Å². The summed E-state index contributed by atoms with van der Waals surface area (Å²) in [6.45, 7) is 4.22. The van der Waals surface area contributed by atoms with Gasteiger partial charge in [-0.15, -0.1) is 0 Å². The summed E-state index contributed by atoms with van der Waals surface area (Å²) < 4.78 is 0.573. The van der Waals surface area contributed by atoms with Crippen molar-refractivity contribution in [1.82, 2.24) is 4.98 Å². The molecule has 1 aromatic rings. The lowest BCUT2D eigenvalue weighted by atomic mass is 9.79. The number of hydrogen-bond donors (Lipinski definition) is 2. The Bertz CT molecular complexity index is 553. The summed E-state index contributed by atoms with van der Waals surface area (Å²) in [6.07, 6.45) is 4.96. The molecule has 0 saturated heterocycles. The molecule has 0 radical (unpaired) electrons. The summed E-state index contributed by atoms with van der Waals surface area (Å²) in [4.78, 5) is 14.5. The first kappa shape index (κ1) is 16.2. The topological polar surface area (TPSA) is 88.3 Å². The maximum absolute atomic E-state index is 10.9. The Morgan fingerprint density at radius 2 is 2.38 bits per heavy atom. The summed E-state index contributed by atoms with van der Waals surface area (Å²) in [6, 6.07) is 0. The smallest absolute Gasteiger partial charge is 0.291 e. The third-order valence-electron chi connectivity index (χ3n) is 4.09. The fraction of sp³-hybridized carbons (Fsp3) is 0.643. The minimum absolute atomic E-state index is 0.0163. The van der Waals surface area contributed by atoms with Crippen molar-refractivity contribution in [3.05, 3.63) is 26.3 Å². The van der Waals surface area contributed by atoms with Gasteiger partial charge in [0.1, 0.15) is 12.0 Å². The molecule has 1 aliphatic carbocycles. The number of nitro groups is 1. The Kier molecular flexibility index (Phi) is 4.83. The van der Waals surface area contributed by atoms with Crippen molar-refractivity contribution in [2.75, 3.05) is 11.9 Å². The molecule has 0 bridgehead atoms. The zero-order valence-electron chi connectivity index (χ0n) is 12.2. The molecule has 0 amide bonds. The molecule has 1 aliphatic rings. The van der Waals surface area contributed by atoms with Crippen LogP contribution in [0.3, 0.4) is 0 Å². The molecule has 2 atom stereocenters. The molecule has 1 fully saturated rings. The molecule has 2 N–H and O–H groups in total. The number of aromatic nitrogens is 1. The van der Waals surface area contributed by atoms with Gasteiger partial charge in [0.2, 0.25) is 0 Å². The van der Waals surface area contributed by atoms with Crippen molar-refractivity contribution in [3.63, 3.8) is 0 Å². The number of halogens is 1. The molecule has 1 saturated carbocycles. The number of hydrogen-bond acceptors (Lipinski definition) is 5. The van der Waals surface area contributed by atoms with Crippen LogP contribution in [0.2, 0.25) is 0 Å². The highest BCUT2D eigenvalue weighted by Crippen LogP contribution is 2.34. The van der Waals surface area contributed by atoms with E-state index < -0.39 is 10.5 Å². The summed E-state index contributed by atoms with van der Waals surface area (Å²) in [5.74, 6) is 1.05. The summed E-state index contributed by atoms with van der Waals surface area (Å²) in [7, 11) is 0. The monoisotopic (exact) mass is 357 g/mol. The van der Waals surface area contributed by atoms with Gasteiger partial charge >= 0.3 is 0 Å². The predicted molar refractivity (Wildman–Crippen MR) is 84.4 cm³/mol. The second-order valence-corrected chi connectivity index (χ2v) is 6.76. The van der Waals surface area contributed by atoms with Crippen LogP contribution in [0.5, 0.6) is 0 Å². The van der Waals surface area contributed by atoms with Crippen LogP contribution in [0, 0.1) is 23.0 Å².